The molecule has 2 aromatic carbocycles. The molecule has 0 radical (unpaired) electrons. The molecular weight excluding hydrogens is 364 g/mol. The van der Waals surface area contributed by atoms with E-state index in [4.69, 9.17) is 4.74 Å². The van der Waals surface area contributed by atoms with Gasteiger partial charge in [0.05, 0.1) is 6.61 Å². The monoisotopic (exact) mass is 386 g/mol. The van der Waals surface area contributed by atoms with Gasteiger partial charge in [-0.25, -0.2) is 9.59 Å². The summed E-state index contributed by atoms with van der Waals surface area (Å²) in [5.74, 6) is -2.04. The zero-order valence-corrected chi connectivity index (χ0v) is 15.1. The summed E-state index contributed by atoms with van der Waals surface area (Å²) in [6.45, 7) is -0.706. The van der Waals surface area contributed by atoms with E-state index in [9.17, 15) is 24.6 Å². The number of carboxylic acids is 1. The van der Waals surface area contributed by atoms with Crippen molar-refractivity contribution >= 4 is 18.0 Å². The van der Waals surface area contributed by atoms with Crippen LogP contribution in [0.15, 0.2) is 60.7 Å². The summed E-state index contributed by atoms with van der Waals surface area (Å²) < 4.78 is 5.00. The van der Waals surface area contributed by atoms with E-state index >= 15 is 0 Å². The first kappa shape index (κ1) is 20.9. The van der Waals surface area contributed by atoms with E-state index in [1.54, 1.807) is 54.6 Å². The van der Waals surface area contributed by atoms with E-state index in [2.05, 4.69) is 10.6 Å². The van der Waals surface area contributed by atoms with Crippen LogP contribution in [0.3, 0.4) is 0 Å². The third kappa shape index (κ3) is 6.73. The van der Waals surface area contributed by atoms with E-state index in [-0.39, 0.29) is 13.0 Å². The second kappa shape index (κ2) is 10.7. The van der Waals surface area contributed by atoms with Gasteiger partial charge in [0.1, 0.15) is 18.7 Å². The number of hydrogen-bond acceptors (Lipinski definition) is 5. The zero-order valence-electron chi connectivity index (χ0n) is 15.1. The van der Waals surface area contributed by atoms with Gasteiger partial charge in [0, 0.05) is 6.42 Å². The van der Waals surface area contributed by atoms with Crippen molar-refractivity contribution in [3.63, 3.8) is 0 Å². The minimum Gasteiger partial charge on any atom is -0.480 e. The standard InChI is InChI=1S/C20H22N2O6/c23-12-17(22-20(27)28-13-15-9-5-2-6-10-15)18(24)21-16(19(25)26)11-14-7-3-1-4-8-14/h1-10,16-17,23H,11-13H2,(H,21,24)(H,22,27)(H,25,26)/t16-,17+/m1/s1. The Labute approximate surface area is 162 Å². The molecule has 0 fully saturated rings. The van der Waals surface area contributed by atoms with E-state index in [1.165, 1.54) is 0 Å². The summed E-state index contributed by atoms with van der Waals surface area (Å²) in [7, 11) is 0. The van der Waals surface area contributed by atoms with Gasteiger partial charge in [0.25, 0.3) is 0 Å². The van der Waals surface area contributed by atoms with Crippen LogP contribution in [0.4, 0.5) is 4.79 Å². The number of carboxylic acid groups (broad SMARTS) is 1. The molecule has 4 N–H and O–H groups in total. The molecule has 0 aromatic heterocycles. The van der Waals surface area contributed by atoms with Gasteiger partial charge in [0.15, 0.2) is 0 Å². The molecule has 28 heavy (non-hydrogen) atoms. The smallest absolute Gasteiger partial charge is 0.408 e. The molecule has 2 amide bonds. The lowest BCUT2D eigenvalue weighted by Crippen LogP contribution is -2.53. The zero-order chi connectivity index (χ0) is 20.4. The molecular formula is C20H22N2O6. The Hall–Kier alpha value is -3.39. The summed E-state index contributed by atoms with van der Waals surface area (Å²) in [5.41, 5.74) is 1.49. The maximum absolute atomic E-state index is 12.3. The number of nitrogens with one attached hydrogen (secondary N) is 2. The fourth-order valence-electron chi connectivity index (χ4n) is 2.42. The van der Waals surface area contributed by atoms with Crippen molar-refractivity contribution in [1.29, 1.82) is 0 Å². The van der Waals surface area contributed by atoms with Crippen LogP contribution >= 0.6 is 0 Å². The molecule has 0 spiro atoms. The maximum Gasteiger partial charge on any atom is 0.408 e. The average Bonchev–Trinajstić information content (AvgIpc) is 2.71. The maximum atomic E-state index is 12.3. The molecule has 0 bridgehead atoms. The number of alkyl carbamates (subject to hydrolysis) is 1. The average molecular weight is 386 g/mol. The largest absolute Gasteiger partial charge is 0.480 e. The molecule has 0 aliphatic rings. The highest BCUT2D eigenvalue weighted by molar-refractivity contribution is 5.89. The summed E-state index contributed by atoms with van der Waals surface area (Å²) >= 11 is 0. The Balaban J connectivity index is 1.89. The lowest BCUT2D eigenvalue weighted by molar-refractivity contribution is -0.142. The van der Waals surface area contributed by atoms with Gasteiger partial charge in [-0.1, -0.05) is 60.7 Å². The third-order valence-electron chi connectivity index (χ3n) is 3.90. The lowest BCUT2D eigenvalue weighted by Gasteiger charge is -2.20. The molecule has 0 heterocycles. The fourth-order valence-corrected chi connectivity index (χ4v) is 2.42. The molecule has 2 atom stereocenters. The summed E-state index contributed by atoms with van der Waals surface area (Å²) in [6, 6.07) is 15.2. The van der Waals surface area contributed by atoms with Crippen molar-refractivity contribution in [1.82, 2.24) is 10.6 Å². The molecule has 0 unspecified atom stereocenters. The van der Waals surface area contributed by atoms with E-state index in [0.717, 1.165) is 11.1 Å². The number of carbonyl (C=O) groups is 3. The highest BCUT2D eigenvalue weighted by Crippen LogP contribution is 2.04. The normalized spacial score (nSPS) is 12.5. The Morgan fingerprint density at radius 3 is 1.96 bits per heavy atom. The SMILES string of the molecule is O=C(N[C@@H](CO)C(=O)N[C@H](Cc1ccccc1)C(=O)O)OCc1ccccc1. The van der Waals surface area contributed by atoms with Crippen molar-refractivity contribution in [2.75, 3.05) is 6.61 Å². The van der Waals surface area contributed by atoms with Crippen LogP contribution in [-0.2, 0) is 27.4 Å². The molecule has 0 saturated heterocycles. The molecule has 0 aliphatic heterocycles. The molecule has 0 aliphatic carbocycles. The minimum absolute atomic E-state index is 0.00179. The number of ether oxygens (including phenoxy) is 1. The van der Waals surface area contributed by atoms with Crippen LogP contribution in [0.5, 0.6) is 0 Å². The molecule has 8 heteroatoms. The van der Waals surface area contributed by atoms with E-state index in [1.807, 2.05) is 6.07 Å². The number of carbonyl (C=O) groups excluding carboxylic acids is 2. The highest BCUT2D eigenvalue weighted by Gasteiger charge is 2.26. The van der Waals surface area contributed by atoms with Gasteiger partial charge < -0.3 is 25.6 Å². The Morgan fingerprint density at radius 1 is 0.857 bits per heavy atom. The van der Waals surface area contributed by atoms with Crippen molar-refractivity contribution in [2.45, 2.75) is 25.1 Å². The Morgan fingerprint density at radius 2 is 1.43 bits per heavy atom. The summed E-state index contributed by atoms with van der Waals surface area (Å²) in [6.07, 6.45) is -0.827. The van der Waals surface area contributed by atoms with Crippen LogP contribution in [0.25, 0.3) is 0 Å². The van der Waals surface area contributed by atoms with Crippen LogP contribution < -0.4 is 10.6 Å². The predicted molar refractivity (Wildman–Crippen MR) is 100 cm³/mol. The molecule has 148 valence electrons. The van der Waals surface area contributed by atoms with Gasteiger partial charge in [0.2, 0.25) is 5.91 Å². The van der Waals surface area contributed by atoms with Crippen LogP contribution in [-0.4, -0.2) is 46.9 Å². The molecule has 2 rings (SSSR count). The number of rotatable bonds is 9. The highest BCUT2D eigenvalue weighted by atomic mass is 16.5. The number of benzene rings is 2. The fraction of sp³-hybridized carbons (Fsp3) is 0.250. The van der Waals surface area contributed by atoms with E-state index in [0.29, 0.717) is 0 Å². The summed E-state index contributed by atoms with van der Waals surface area (Å²) in [5, 5.41) is 23.3. The van der Waals surface area contributed by atoms with Gasteiger partial charge in [-0.2, -0.15) is 0 Å². The first-order valence-corrected chi connectivity index (χ1v) is 8.64. The number of aliphatic hydroxyl groups is 1. The molecule has 0 saturated carbocycles. The van der Waals surface area contributed by atoms with Gasteiger partial charge >= 0.3 is 12.1 Å². The molecule has 2 aromatic rings. The topological polar surface area (TPSA) is 125 Å². The number of hydrogen-bond donors (Lipinski definition) is 4. The van der Waals surface area contributed by atoms with Crippen LogP contribution in [0.2, 0.25) is 0 Å². The van der Waals surface area contributed by atoms with Crippen molar-refractivity contribution in [3.8, 4) is 0 Å². The number of aliphatic carboxylic acids is 1. The molecule has 8 nitrogen and oxygen atoms in total. The Kier molecular flexibility index (Phi) is 7.98. The lowest BCUT2D eigenvalue weighted by atomic mass is 10.1. The summed E-state index contributed by atoms with van der Waals surface area (Å²) in [4.78, 5) is 35.6. The first-order chi connectivity index (χ1) is 13.5. The van der Waals surface area contributed by atoms with Crippen LogP contribution in [0, 0.1) is 0 Å². The predicted octanol–water partition coefficient (Wildman–Crippen LogP) is 1.09. The quantitative estimate of drug-likeness (QED) is 0.511. The Bertz CT molecular complexity index is 782. The second-order valence-corrected chi connectivity index (χ2v) is 6.03. The number of amides is 2. The van der Waals surface area contributed by atoms with Crippen LogP contribution in [0.1, 0.15) is 11.1 Å². The second-order valence-electron chi connectivity index (χ2n) is 6.03. The van der Waals surface area contributed by atoms with Gasteiger partial charge in [-0.3, -0.25) is 4.79 Å². The van der Waals surface area contributed by atoms with E-state index < -0.39 is 36.7 Å². The number of aliphatic hydroxyl groups excluding tert-OH is 1. The van der Waals surface area contributed by atoms with Gasteiger partial charge in [-0.15, -0.1) is 0 Å². The van der Waals surface area contributed by atoms with Crippen molar-refractivity contribution in [2.24, 2.45) is 0 Å². The minimum atomic E-state index is -1.33. The van der Waals surface area contributed by atoms with Gasteiger partial charge in [-0.05, 0) is 11.1 Å². The van der Waals surface area contributed by atoms with Crippen molar-refractivity contribution in [3.05, 3.63) is 71.8 Å². The first-order valence-electron chi connectivity index (χ1n) is 8.64. The third-order valence-corrected chi connectivity index (χ3v) is 3.90. The van der Waals surface area contributed by atoms with Crippen molar-refractivity contribution < 1.29 is 29.3 Å².